The summed E-state index contributed by atoms with van der Waals surface area (Å²) in [4.78, 5) is 9.52. The number of hydrogen-bond acceptors (Lipinski definition) is 6. The summed E-state index contributed by atoms with van der Waals surface area (Å²) >= 11 is 0. The number of aromatic nitrogens is 5. The number of imidazole rings is 1. The third-order valence-corrected chi connectivity index (χ3v) is 4.89. The number of rotatable bonds is 4. The van der Waals surface area contributed by atoms with Crippen LogP contribution in [0.4, 0.5) is 0 Å². The minimum absolute atomic E-state index is 0.168. The molecule has 0 bridgehead atoms. The van der Waals surface area contributed by atoms with Crippen molar-refractivity contribution in [1.82, 2.24) is 24.3 Å². The summed E-state index contributed by atoms with van der Waals surface area (Å²) in [5, 5.41) is 4.51. The lowest BCUT2D eigenvalue weighted by Crippen LogP contribution is -2.08. The Kier molecular flexibility index (Phi) is 4.58. The number of nitrogens with zero attached hydrogens (tertiary/aromatic N) is 5. The van der Waals surface area contributed by atoms with Gasteiger partial charge in [-0.3, -0.25) is 0 Å². The number of methoxy groups -OCH3 is 1. The van der Waals surface area contributed by atoms with Gasteiger partial charge in [0.1, 0.15) is 35.4 Å². The molecule has 1 aliphatic rings. The molecule has 3 heterocycles. The molecule has 1 unspecified atom stereocenters. The Hall–Kier alpha value is -2.87. The molecule has 4 rings (SSSR count). The molecule has 0 aliphatic carbocycles. The van der Waals surface area contributed by atoms with Crippen molar-refractivity contribution in [2.75, 3.05) is 13.7 Å². The van der Waals surface area contributed by atoms with Crippen molar-refractivity contribution in [2.24, 2.45) is 5.73 Å². The lowest BCUT2D eigenvalue weighted by atomic mass is 10.0. The van der Waals surface area contributed by atoms with Crippen LogP contribution in [0, 0.1) is 6.92 Å². The van der Waals surface area contributed by atoms with Gasteiger partial charge in [0.25, 0.3) is 0 Å². The van der Waals surface area contributed by atoms with Crippen molar-refractivity contribution in [3.63, 3.8) is 0 Å². The van der Waals surface area contributed by atoms with E-state index in [1.54, 1.807) is 7.11 Å². The van der Waals surface area contributed by atoms with Gasteiger partial charge in [-0.05, 0) is 33.8 Å². The third kappa shape index (κ3) is 3.03. The molecule has 0 fully saturated rings. The number of ether oxygens (including phenoxy) is 2. The molecule has 1 atom stereocenters. The maximum absolute atomic E-state index is 6.16. The smallest absolute Gasteiger partial charge is 0.178 e. The summed E-state index contributed by atoms with van der Waals surface area (Å²) < 4.78 is 15.5. The zero-order chi connectivity index (χ0) is 20.0. The van der Waals surface area contributed by atoms with E-state index in [4.69, 9.17) is 20.2 Å². The molecular formula is C20H26N6O2. The predicted octanol–water partition coefficient (Wildman–Crippen LogP) is 3.12. The van der Waals surface area contributed by atoms with E-state index in [0.717, 1.165) is 45.8 Å². The van der Waals surface area contributed by atoms with Crippen LogP contribution < -0.4 is 15.2 Å². The molecule has 8 nitrogen and oxygen atoms in total. The van der Waals surface area contributed by atoms with Crippen LogP contribution in [0.5, 0.6) is 11.5 Å². The van der Waals surface area contributed by atoms with Gasteiger partial charge in [0.05, 0.1) is 19.2 Å². The summed E-state index contributed by atoms with van der Waals surface area (Å²) in [5.74, 6) is 3.82. The Balaban J connectivity index is 1.88. The van der Waals surface area contributed by atoms with Crippen LogP contribution in [-0.4, -0.2) is 38.0 Å². The second-order valence-electron chi connectivity index (χ2n) is 7.39. The predicted molar refractivity (Wildman–Crippen MR) is 106 cm³/mol. The summed E-state index contributed by atoms with van der Waals surface area (Å²) in [5.41, 5.74) is 8.79. The molecule has 0 amide bonds. The first-order valence-corrected chi connectivity index (χ1v) is 9.50. The average Bonchev–Trinajstić information content (AvgIpc) is 3.20. The normalized spacial score (nSPS) is 14.2. The van der Waals surface area contributed by atoms with Crippen LogP contribution in [-0.2, 0) is 6.54 Å². The first kappa shape index (κ1) is 18.5. The Labute approximate surface area is 164 Å². The third-order valence-electron chi connectivity index (χ3n) is 4.89. The zero-order valence-electron chi connectivity index (χ0n) is 16.9. The number of nitrogens with two attached hydrogens (primary N) is 1. The monoisotopic (exact) mass is 382 g/mol. The van der Waals surface area contributed by atoms with Gasteiger partial charge in [0.2, 0.25) is 0 Å². The molecule has 0 radical (unpaired) electrons. The fourth-order valence-corrected chi connectivity index (χ4v) is 3.53. The highest BCUT2D eigenvalue weighted by Gasteiger charge is 2.24. The molecule has 0 spiro atoms. The van der Waals surface area contributed by atoms with Gasteiger partial charge in [-0.15, -0.1) is 0 Å². The molecule has 1 aliphatic heterocycles. The maximum atomic E-state index is 6.16. The van der Waals surface area contributed by atoms with Gasteiger partial charge in [-0.25, -0.2) is 14.6 Å². The number of fused-ring (bicyclic) bond motifs is 3. The fourth-order valence-electron chi connectivity index (χ4n) is 3.53. The van der Waals surface area contributed by atoms with Crippen LogP contribution in [0.25, 0.3) is 22.9 Å². The highest BCUT2D eigenvalue weighted by Crippen LogP contribution is 2.39. The van der Waals surface area contributed by atoms with Crippen LogP contribution in [0.2, 0.25) is 0 Å². The molecule has 0 saturated heterocycles. The van der Waals surface area contributed by atoms with E-state index >= 15 is 0 Å². The standard InChI is InChI=1S/C20H26N6O2/c1-11(2)26-20(22-13(4)24-26)16-10-25-6-7-28-18-9-17(27-5)14(12(3)21)8-15(18)19(25)23-16/h8-12H,6-7,21H2,1-5H3. The molecule has 28 heavy (non-hydrogen) atoms. The average molecular weight is 382 g/mol. The van der Waals surface area contributed by atoms with Crippen LogP contribution >= 0.6 is 0 Å². The van der Waals surface area contributed by atoms with Gasteiger partial charge in [0.15, 0.2) is 5.82 Å². The topological polar surface area (TPSA) is 93.0 Å². The summed E-state index contributed by atoms with van der Waals surface area (Å²) in [6.07, 6.45) is 2.02. The largest absolute Gasteiger partial charge is 0.496 e. The van der Waals surface area contributed by atoms with Gasteiger partial charge in [-0.1, -0.05) is 0 Å². The minimum Gasteiger partial charge on any atom is -0.496 e. The molecule has 8 heteroatoms. The Morgan fingerprint density at radius 1 is 1.18 bits per heavy atom. The SMILES string of the molecule is COc1cc2c(cc1C(C)N)-c1nc(-c3nc(C)nn3C(C)C)cn1CCO2. The second-order valence-corrected chi connectivity index (χ2v) is 7.39. The van der Waals surface area contributed by atoms with Gasteiger partial charge in [-0.2, -0.15) is 5.10 Å². The van der Waals surface area contributed by atoms with Gasteiger partial charge < -0.3 is 19.8 Å². The minimum atomic E-state index is -0.168. The van der Waals surface area contributed by atoms with E-state index in [2.05, 4.69) is 28.5 Å². The molecule has 148 valence electrons. The number of hydrogen-bond donors (Lipinski definition) is 1. The van der Waals surface area contributed by atoms with E-state index in [-0.39, 0.29) is 12.1 Å². The fraction of sp³-hybridized carbons (Fsp3) is 0.450. The summed E-state index contributed by atoms with van der Waals surface area (Å²) in [6.45, 7) is 9.25. The molecule has 3 aromatic rings. The lowest BCUT2D eigenvalue weighted by molar-refractivity contribution is 0.304. The van der Waals surface area contributed by atoms with Crippen molar-refractivity contribution in [2.45, 2.75) is 46.3 Å². The van der Waals surface area contributed by atoms with Crippen LogP contribution in [0.15, 0.2) is 18.3 Å². The molecular weight excluding hydrogens is 356 g/mol. The maximum Gasteiger partial charge on any atom is 0.178 e. The number of benzene rings is 1. The zero-order valence-corrected chi connectivity index (χ0v) is 16.9. The summed E-state index contributed by atoms with van der Waals surface area (Å²) in [7, 11) is 1.64. The molecule has 1 aromatic carbocycles. The van der Waals surface area contributed by atoms with E-state index in [9.17, 15) is 0 Å². The van der Waals surface area contributed by atoms with E-state index < -0.39 is 0 Å². The van der Waals surface area contributed by atoms with Gasteiger partial charge in [0, 0.05) is 29.9 Å². The first-order chi connectivity index (χ1) is 13.4. The first-order valence-electron chi connectivity index (χ1n) is 9.50. The van der Waals surface area contributed by atoms with Crippen LogP contribution in [0.1, 0.15) is 44.2 Å². The Bertz CT molecular complexity index is 1020. The molecule has 0 saturated carbocycles. The van der Waals surface area contributed by atoms with Crippen molar-refractivity contribution in [3.8, 4) is 34.4 Å². The summed E-state index contributed by atoms with van der Waals surface area (Å²) in [6, 6.07) is 3.95. The van der Waals surface area contributed by atoms with Crippen molar-refractivity contribution in [1.29, 1.82) is 0 Å². The lowest BCUT2D eigenvalue weighted by Gasteiger charge is -2.16. The second kappa shape index (κ2) is 6.94. The van der Waals surface area contributed by atoms with E-state index in [0.29, 0.717) is 13.2 Å². The van der Waals surface area contributed by atoms with Crippen molar-refractivity contribution < 1.29 is 9.47 Å². The molecule has 2 aromatic heterocycles. The van der Waals surface area contributed by atoms with E-state index in [1.807, 2.05) is 36.9 Å². The van der Waals surface area contributed by atoms with E-state index in [1.165, 1.54) is 0 Å². The van der Waals surface area contributed by atoms with Crippen molar-refractivity contribution in [3.05, 3.63) is 29.7 Å². The quantitative estimate of drug-likeness (QED) is 0.745. The highest BCUT2D eigenvalue weighted by atomic mass is 16.5. The molecule has 2 N–H and O–H groups in total. The van der Waals surface area contributed by atoms with Gasteiger partial charge >= 0.3 is 0 Å². The highest BCUT2D eigenvalue weighted by molar-refractivity contribution is 5.71. The Morgan fingerprint density at radius 2 is 1.96 bits per heavy atom. The number of aryl methyl sites for hydroxylation is 1. The Morgan fingerprint density at radius 3 is 2.64 bits per heavy atom. The van der Waals surface area contributed by atoms with Crippen LogP contribution in [0.3, 0.4) is 0 Å². The van der Waals surface area contributed by atoms with Crippen molar-refractivity contribution >= 4 is 0 Å².